The lowest BCUT2D eigenvalue weighted by Gasteiger charge is -2.32. The van der Waals surface area contributed by atoms with E-state index in [2.05, 4.69) is 26.3 Å². The number of nitrogens with zero attached hydrogens (tertiary/aromatic N) is 3. The molecule has 1 aliphatic heterocycles. The van der Waals surface area contributed by atoms with Gasteiger partial charge in [-0.1, -0.05) is 24.3 Å². The van der Waals surface area contributed by atoms with E-state index in [1.165, 1.54) is 0 Å². The second-order valence-electron chi connectivity index (χ2n) is 6.64. The van der Waals surface area contributed by atoms with Gasteiger partial charge in [-0.25, -0.2) is 4.68 Å². The Morgan fingerprint density at radius 1 is 1.17 bits per heavy atom. The van der Waals surface area contributed by atoms with Crippen LogP contribution in [0.4, 0.5) is 11.4 Å². The fourth-order valence-corrected chi connectivity index (χ4v) is 3.51. The van der Waals surface area contributed by atoms with Crippen molar-refractivity contribution in [2.45, 2.75) is 19.4 Å². The van der Waals surface area contributed by atoms with Crippen molar-refractivity contribution in [3.8, 4) is 11.4 Å². The molecule has 0 saturated carbocycles. The van der Waals surface area contributed by atoms with Crippen LogP contribution in [-0.2, 0) is 9.59 Å². The molecule has 0 spiro atoms. The van der Waals surface area contributed by atoms with Crippen molar-refractivity contribution in [3.63, 3.8) is 0 Å². The minimum Gasteiger partial charge on any atom is -0.479 e. The number of aromatic nitrogens is 2. The molecule has 1 N–H and O–H groups in total. The number of hydrogen-bond donors (Lipinski definition) is 1. The summed E-state index contributed by atoms with van der Waals surface area (Å²) in [4.78, 5) is 26.8. The molecule has 0 bridgehead atoms. The number of rotatable bonds is 5. The van der Waals surface area contributed by atoms with Gasteiger partial charge in [-0.05, 0) is 47.1 Å². The van der Waals surface area contributed by atoms with Crippen LogP contribution in [0, 0.1) is 0 Å². The highest BCUT2D eigenvalue weighted by Gasteiger charge is 2.31. The third kappa shape index (κ3) is 4.02. The Morgan fingerprint density at radius 2 is 1.90 bits per heavy atom. The van der Waals surface area contributed by atoms with E-state index < -0.39 is 6.10 Å². The monoisotopic (exact) mass is 454 g/mol. The van der Waals surface area contributed by atoms with Crippen LogP contribution in [-0.4, -0.2) is 34.2 Å². The van der Waals surface area contributed by atoms with Crippen molar-refractivity contribution in [1.82, 2.24) is 9.78 Å². The van der Waals surface area contributed by atoms with Gasteiger partial charge in [0.05, 0.1) is 27.7 Å². The Bertz CT molecular complexity index is 1070. The van der Waals surface area contributed by atoms with Crippen LogP contribution in [0.25, 0.3) is 5.69 Å². The van der Waals surface area contributed by atoms with Crippen LogP contribution in [0.1, 0.15) is 13.3 Å². The molecule has 2 amide bonds. The molecule has 0 radical (unpaired) electrons. The number of anilines is 2. The number of hydrogen-bond acceptors (Lipinski definition) is 4. The zero-order valence-corrected chi connectivity index (χ0v) is 17.3. The van der Waals surface area contributed by atoms with Crippen LogP contribution in [0.5, 0.6) is 5.75 Å². The van der Waals surface area contributed by atoms with E-state index in [4.69, 9.17) is 4.74 Å². The van der Waals surface area contributed by atoms with Crippen LogP contribution in [0.3, 0.4) is 0 Å². The topological polar surface area (TPSA) is 76.5 Å². The summed E-state index contributed by atoms with van der Waals surface area (Å²) in [7, 11) is 0. The summed E-state index contributed by atoms with van der Waals surface area (Å²) in [5, 5.41) is 7.19. The lowest BCUT2D eigenvalue weighted by atomic mass is 10.1. The summed E-state index contributed by atoms with van der Waals surface area (Å²) in [6.07, 6.45) is 3.08. The van der Waals surface area contributed by atoms with Gasteiger partial charge in [0.15, 0.2) is 6.10 Å². The van der Waals surface area contributed by atoms with Crippen molar-refractivity contribution < 1.29 is 14.3 Å². The Hall–Kier alpha value is -3.13. The van der Waals surface area contributed by atoms with Crippen molar-refractivity contribution >= 4 is 39.1 Å². The first kappa shape index (κ1) is 19.2. The van der Waals surface area contributed by atoms with E-state index in [0.717, 1.165) is 10.2 Å². The van der Waals surface area contributed by atoms with Gasteiger partial charge >= 0.3 is 0 Å². The van der Waals surface area contributed by atoms with Gasteiger partial charge in [-0.15, -0.1) is 0 Å². The van der Waals surface area contributed by atoms with Crippen molar-refractivity contribution in [2.24, 2.45) is 0 Å². The van der Waals surface area contributed by atoms with E-state index in [0.29, 0.717) is 17.1 Å². The number of para-hydroxylation sites is 4. The van der Waals surface area contributed by atoms with Gasteiger partial charge in [0, 0.05) is 19.2 Å². The largest absolute Gasteiger partial charge is 0.479 e. The number of amides is 2. The highest BCUT2D eigenvalue weighted by molar-refractivity contribution is 9.10. The summed E-state index contributed by atoms with van der Waals surface area (Å²) in [5.74, 6) is 0.306. The molecule has 4 rings (SSSR count). The average molecular weight is 455 g/mol. The fourth-order valence-electron chi connectivity index (χ4n) is 3.23. The molecule has 1 aromatic heterocycles. The third-order valence-electron chi connectivity index (χ3n) is 4.61. The number of fused-ring (bicyclic) bond motifs is 1. The minimum atomic E-state index is -0.577. The van der Waals surface area contributed by atoms with Crippen molar-refractivity contribution in [2.75, 3.05) is 16.8 Å². The molecule has 1 atom stereocenters. The minimum absolute atomic E-state index is 0.154. The molecule has 7 nitrogen and oxygen atoms in total. The average Bonchev–Trinajstić information content (AvgIpc) is 3.15. The molecule has 0 saturated heterocycles. The van der Waals surface area contributed by atoms with Gasteiger partial charge < -0.3 is 15.0 Å². The molecule has 148 valence electrons. The standard InChI is InChI=1S/C21H19BrN4O3/c1-14-21(28)25(18-8-4-5-9-19(18)29-14)11-10-20(27)24-16-6-2-3-7-17(16)26-13-15(22)12-23-26/h2-9,12-14H,10-11H2,1H3,(H,24,27). The van der Waals surface area contributed by atoms with Crippen LogP contribution in [0.2, 0.25) is 0 Å². The Labute approximate surface area is 176 Å². The Kier molecular flexibility index (Phi) is 5.35. The molecule has 0 aliphatic carbocycles. The second kappa shape index (κ2) is 8.08. The zero-order valence-electron chi connectivity index (χ0n) is 15.7. The molecule has 2 heterocycles. The molecular weight excluding hydrogens is 436 g/mol. The molecule has 8 heteroatoms. The van der Waals surface area contributed by atoms with Gasteiger partial charge in [0.25, 0.3) is 5.91 Å². The number of ether oxygens (including phenoxy) is 1. The Morgan fingerprint density at radius 3 is 2.66 bits per heavy atom. The molecule has 0 fully saturated rings. The number of nitrogens with one attached hydrogen (secondary N) is 1. The highest BCUT2D eigenvalue weighted by atomic mass is 79.9. The van der Waals surface area contributed by atoms with Crippen LogP contribution in [0.15, 0.2) is 65.4 Å². The van der Waals surface area contributed by atoms with Crippen LogP contribution < -0.4 is 15.0 Å². The number of carbonyl (C=O) groups is 2. The van der Waals surface area contributed by atoms with E-state index in [-0.39, 0.29) is 24.8 Å². The number of carbonyl (C=O) groups excluding carboxylic acids is 2. The summed E-state index contributed by atoms with van der Waals surface area (Å²) in [6.45, 7) is 1.98. The first-order chi connectivity index (χ1) is 14.0. The van der Waals surface area contributed by atoms with E-state index in [9.17, 15) is 9.59 Å². The fraction of sp³-hybridized carbons (Fsp3) is 0.190. The molecule has 2 aromatic carbocycles. The normalized spacial score (nSPS) is 15.6. The number of halogens is 1. The molecule has 1 aliphatic rings. The summed E-state index contributed by atoms with van der Waals surface area (Å²) < 4.78 is 8.17. The van der Waals surface area contributed by atoms with Gasteiger partial charge in [0.1, 0.15) is 5.75 Å². The quantitative estimate of drug-likeness (QED) is 0.636. The maximum absolute atomic E-state index is 12.6. The maximum atomic E-state index is 12.6. The highest BCUT2D eigenvalue weighted by Crippen LogP contribution is 2.33. The predicted octanol–water partition coefficient (Wildman–Crippen LogP) is 3.78. The molecule has 29 heavy (non-hydrogen) atoms. The van der Waals surface area contributed by atoms with Gasteiger partial charge in [0.2, 0.25) is 5.91 Å². The van der Waals surface area contributed by atoms with Crippen LogP contribution >= 0.6 is 15.9 Å². The van der Waals surface area contributed by atoms with Gasteiger partial charge in [-0.3, -0.25) is 9.59 Å². The van der Waals surface area contributed by atoms with E-state index >= 15 is 0 Å². The lowest BCUT2D eigenvalue weighted by molar-refractivity contribution is -0.125. The van der Waals surface area contributed by atoms with Gasteiger partial charge in [-0.2, -0.15) is 5.10 Å². The molecular formula is C21H19BrN4O3. The zero-order chi connectivity index (χ0) is 20.4. The van der Waals surface area contributed by atoms with E-state index in [1.807, 2.05) is 54.7 Å². The SMILES string of the molecule is CC1Oc2ccccc2N(CCC(=O)Nc2ccccc2-n2cc(Br)cn2)C1=O. The smallest absolute Gasteiger partial charge is 0.267 e. The molecule has 1 unspecified atom stereocenters. The predicted molar refractivity (Wildman–Crippen MR) is 113 cm³/mol. The lowest BCUT2D eigenvalue weighted by Crippen LogP contribution is -2.45. The number of benzene rings is 2. The Balaban J connectivity index is 1.47. The van der Waals surface area contributed by atoms with Crippen molar-refractivity contribution in [3.05, 3.63) is 65.4 Å². The maximum Gasteiger partial charge on any atom is 0.267 e. The van der Waals surface area contributed by atoms with E-state index in [1.54, 1.807) is 22.7 Å². The first-order valence-electron chi connectivity index (χ1n) is 9.19. The third-order valence-corrected chi connectivity index (χ3v) is 5.02. The molecule has 3 aromatic rings. The van der Waals surface area contributed by atoms with Crippen molar-refractivity contribution in [1.29, 1.82) is 0 Å². The summed E-state index contributed by atoms with van der Waals surface area (Å²) in [6, 6.07) is 14.8. The summed E-state index contributed by atoms with van der Waals surface area (Å²) >= 11 is 3.38. The summed E-state index contributed by atoms with van der Waals surface area (Å²) in [5.41, 5.74) is 2.09. The second-order valence-corrected chi connectivity index (χ2v) is 7.55. The first-order valence-corrected chi connectivity index (χ1v) is 9.99.